The molecule has 1 atom stereocenters. The molecule has 0 fully saturated rings. The van der Waals surface area contributed by atoms with Crippen LogP contribution in [0.1, 0.15) is 211 Å². The van der Waals surface area contributed by atoms with Crippen LogP contribution in [0.5, 0.6) is 0 Å². The second kappa shape index (κ2) is 34.3. The number of rotatable bonds is 35. The number of esters is 2. The van der Waals surface area contributed by atoms with Gasteiger partial charge in [0.1, 0.15) is 6.61 Å². The molecule has 0 saturated carbocycles. The van der Waals surface area contributed by atoms with Crippen molar-refractivity contribution in [2.24, 2.45) is 0 Å². The third-order valence-corrected chi connectivity index (χ3v) is 10.1. The molecule has 0 aliphatic carbocycles. The van der Waals surface area contributed by atoms with Crippen molar-refractivity contribution in [3.63, 3.8) is 0 Å². The lowest BCUT2D eigenvalue weighted by molar-refractivity contribution is -0.714. The second-order valence-electron chi connectivity index (χ2n) is 15.4. The van der Waals surface area contributed by atoms with Gasteiger partial charge in [0.15, 0.2) is 24.0 Å². The molecule has 1 rings (SSSR count). The lowest BCUT2D eigenvalue weighted by Gasteiger charge is -2.17. The zero-order valence-corrected chi connectivity index (χ0v) is 34.8. The maximum Gasteiger partial charge on any atom is 0.306 e. The molecule has 5 nitrogen and oxygen atoms in total. The Labute approximate surface area is 321 Å². The van der Waals surface area contributed by atoms with Gasteiger partial charge in [-0.05, 0) is 76.7 Å². The molecule has 0 N–H and O–H groups in total. The zero-order chi connectivity index (χ0) is 37.9. The Kier molecular flexibility index (Phi) is 31.4. The highest BCUT2D eigenvalue weighted by molar-refractivity contribution is 5.70. The molecule has 0 bridgehead atoms. The van der Waals surface area contributed by atoms with E-state index >= 15 is 0 Å². The molecule has 1 aromatic rings. The minimum absolute atomic E-state index is 0.0990. The van der Waals surface area contributed by atoms with Gasteiger partial charge in [-0.2, -0.15) is 4.57 Å². The van der Waals surface area contributed by atoms with Crippen LogP contribution in [0, 0.1) is 20.8 Å². The van der Waals surface area contributed by atoms with E-state index in [-0.39, 0.29) is 18.5 Å². The highest BCUT2D eigenvalue weighted by Gasteiger charge is 2.24. The molecule has 0 aliphatic heterocycles. The van der Waals surface area contributed by atoms with Gasteiger partial charge >= 0.3 is 11.9 Å². The van der Waals surface area contributed by atoms with Crippen LogP contribution in [-0.4, -0.2) is 24.6 Å². The number of ether oxygens (including phenoxy) is 2. The highest BCUT2D eigenvalue weighted by atomic mass is 16.6. The number of nitrogens with zero attached hydrogens (tertiary/aromatic N) is 1. The molecule has 0 aromatic carbocycles. The Morgan fingerprint density at radius 1 is 0.538 bits per heavy atom. The van der Waals surface area contributed by atoms with Gasteiger partial charge in [0, 0.05) is 38.8 Å². The quantitative estimate of drug-likeness (QED) is 0.0303. The average molecular weight is 725 g/mol. The van der Waals surface area contributed by atoms with Crippen molar-refractivity contribution < 1.29 is 23.6 Å². The van der Waals surface area contributed by atoms with Crippen molar-refractivity contribution in [3.8, 4) is 0 Å². The third-order valence-electron chi connectivity index (χ3n) is 10.1. The number of aromatic nitrogens is 1. The summed E-state index contributed by atoms with van der Waals surface area (Å²) in [6, 6.07) is 4.27. The number of hydrogen-bond donors (Lipinski definition) is 0. The summed E-state index contributed by atoms with van der Waals surface area (Å²) in [6.07, 6.45) is 41.7. The van der Waals surface area contributed by atoms with Crippen LogP contribution in [0.15, 0.2) is 36.4 Å². The molecule has 1 heterocycles. The largest absolute Gasteiger partial charge is 0.461 e. The minimum Gasteiger partial charge on any atom is -0.461 e. The summed E-state index contributed by atoms with van der Waals surface area (Å²) in [5.41, 5.74) is 3.42. The first-order valence-electron chi connectivity index (χ1n) is 22.0. The van der Waals surface area contributed by atoms with Crippen molar-refractivity contribution >= 4 is 11.9 Å². The predicted octanol–water partition coefficient (Wildman–Crippen LogP) is 13.4. The Bertz CT molecular complexity index is 1050. The van der Waals surface area contributed by atoms with E-state index in [4.69, 9.17) is 9.47 Å². The summed E-state index contributed by atoms with van der Waals surface area (Å²) in [4.78, 5) is 25.5. The SMILES string of the molecule is CCCCCCCC/C=C\CCCCCCCC(=O)OCC(C[n+]1c(C)cc(C)cc1C)OC(=O)CCCCCCC/C=C\CCCCCCCC. The van der Waals surface area contributed by atoms with Gasteiger partial charge in [-0.1, -0.05) is 141 Å². The van der Waals surface area contributed by atoms with Crippen molar-refractivity contribution in [1.82, 2.24) is 0 Å². The number of pyridine rings is 1. The Hall–Kier alpha value is -2.43. The number of allylic oxidation sites excluding steroid dienone is 4. The van der Waals surface area contributed by atoms with Crippen LogP contribution in [0.3, 0.4) is 0 Å². The summed E-state index contributed by atoms with van der Waals surface area (Å²) >= 11 is 0. The number of hydrogen-bond acceptors (Lipinski definition) is 4. The molecule has 298 valence electrons. The third kappa shape index (κ3) is 28.1. The number of aryl methyl sites for hydroxylation is 3. The van der Waals surface area contributed by atoms with E-state index in [1.165, 1.54) is 121 Å². The number of carbonyl (C=O) groups is 2. The van der Waals surface area contributed by atoms with E-state index in [9.17, 15) is 9.59 Å². The van der Waals surface area contributed by atoms with Crippen LogP contribution in [0.25, 0.3) is 0 Å². The van der Waals surface area contributed by atoms with Crippen LogP contribution >= 0.6 is 0 Å². The van der Waals surface area contributed by atoms with E-state index in [1.54, 1.807) is 0 Å². The van der Waals surface area contributed by atoms with Crippen molar-refractivity contribution in [2.75, 3.05) is 6.61 Å². The van der Waals surface area contributed by atoms with Gasteiger partial charge in [-0.15, -0.1) is 0 Å². The summed E-state index contributed by atoms with van der Waals surface area (Å²) < 4.78 is 13.8. The first-order valence-corrected chi connectivity index (χ1v) is 22.0. The molecular weight excluding hydrogens is 643 g/mol. The topological polar surface area (TPSA) is 56.5 Å². The van der Waals surface area contributed by atoms with Crippen LogP contribution in [-0.2, 0) is 25.6 Å². The maximum absolute atomic E-state index is 12.9. The van der Waals surface area contributed by atoms with E-state index < -0.39 is 6.10 Å². The predicted molar refractivity (Wildman–Crippen MR) is 221 cm³/mol. The monoisotopic (exact) mass is 725 g/mol. The fraction of sp³-hybridized carbons (Fsp3) is 0.766. The van der Waals surface area contributed by atoms with Gasteiger partial charge in [0.2, 0.25) is 0 Å². The van der Waals surface area contributed by atoms with Gasteiger partial charge in [0.25, 0.3) is 0 Å². The fourth-order valence-electron chi connectivity index (χ4n) is 6.93. The molecule has 5 heteroatoms. The molecular formula is C47H82NO4+. The summed E-state index contributed by atoms with van der Waals surface area (Å²) in [6.45, 7) is 11.4. The van der Waals surface area contributed by atoms with Crippen LogP contribution in [0.4, 0.5) is 0 Å². The molecule has 1 unspecified atom stereocenters. The Morgan fingerprint density at radius 2 is 0.904 bits per heavy atom. The second-order valence-corrected chi connectivity index (χ2v) is 15.4. The standard InChI is InChI=1S/C47H82NO4/c1-6-8-10-12-14-16-18-20-22-24-26-28-30-32-34-36-46(49)51-41-45(40-48-43(4)38-42(3)39-44(48)5)52-47(50)37-35-33-31-29-27-25-23-21-19-17-15-13-11-9-7-2/h20-23,38-39,45H,6-19,24-37,40-41H2,1-5H3/q+1/b22-20-,23-21-. The highest BCUT2D eigenvalue weighted by Crippen LogP contribution is 2.13. The minimum atomic E-state index is -0.501. The number of carbonyl (C=O) groups excluding carboxylic acids is 2. The van der Waals surface area contributed by atoms with E-state index in [1.807, 2.05) is 0 Å². The summed E-state index contributed by atoms with van der Waals surface area (Å²) in [5.74, 6) is -0.391. The first kappa shape index (κ1) is 47.6. The fourth-order valence-corrected chi connectivity index (χ4v) is 6.93. The molecule has 1 aromatic heterocycles. The molecule has 0 amide bonds. The van der Waals surface area contributed by atoms with Gasteiger partial charge < -0.3 is 9.47 Å². The van der Waals surface area contributed by atoms with Gasteiger partial charge in [-0.3, -0.25) is 9.59 Å². The van der Waals surface area contributed by atoms with E-state index in [0.29, 0.717) is 19.4 Å². The summed E-state index contributed by atoms with van der Waals surface area (Å²) in [5, 5.41) is 0. The Morgan fingerprint density at radius 3 is 1.33 bits per heavy atom. The van der Waals surface area contributed by atoms with Crippen LogP contribution < -0.4 is 4.57 Å². The smallest absolute Gasteiger partial charge is 0.306 e. The molecule has 0 radical (unpaired) electrons. The molecule has 0 saturated heterocycles. The molecule has 52 heavy (non-hydrogen) atoms. The number of unbranched alkanes of at least 4 members (excludes halogenated alkanes) is 22. The normalized spacial score (nSPS) is 12.2. The average Bonchev–Trinajstić information content (AvgIpc) is 3.11. The lowest BCUT2D eigenvalue weighted by atomic mass is 10.1. The first-order chi connectivity index (χ1) is 25.4. The zero-order valence-electron chi connectivity index (χ0n) is 34.8. The molecule has 0 aliphatic rings. The molecule has 0 spiro atoms. The summed E-state index contributed by atoms with van der Waals surface area (Å²) in [7, 11) is 0. The van der Waals surface area contributed by atoms with Crippen molar-refractivity contribution in [3.05, 3.63) is 53.4 Å². The van der Waals surface area contributed by atoms with Crippen molar-refractivity contribution in [1.29, 1.82) is 0 Å². The van der Waals surface area contributed by atoms with E-state index in [0.717, 1.165) is 62.8 Å². The Balaban J connectivity index is 2.29. The van der Waals surface area contributed by atoms with Gasteiger partial charge in [0.05, 0.1) is 0 Å². The van der Waals surface area contributed by atoms with Gasteiger partial charge in [-0.25, -0.2) is 0 Å². The maximum atomic E-state index is 12.9. The lowest BCUT2D eigenvalue weighted by Crippen LogP contribution is -2.48. The van der Waals surface area contributed by atoms with E-state index in [2.05, 4.69) is 75.6 Å². The van der Waals surface area contributed by atoms with Crippen LogP contribution in [0.2, 0.25) is 0 Å². The van der Waals surface area contributed by atoms with Crippen molar-refractivity contribution in [2.45, 2.75) is 227 Å².